The fourth-order valence-electron chi connectivity index (χ4n) is 6.36. The summed E-state index contributed by atoms with van der Waals surface area (Å²) in [6.45, 7) is 7.52. The second kappa shape index (κ2) is 15.0. The molecule has 3 aromatic carbocycles. The van der Waals surface area contributed by atoms with Crippen LogP contribution < -0.4 is 11.1 Å². The van der Waals surface area contributed by atoms with E-state index in [1.165, 1.54) is 12.7 Å². The number of amidine groups is 1. The molecule has 0 aliphatic carbocycles. The highest BCUT2D eigenvalue weighted by Gasteiger charge is 2.39. The number of nitrogens with zero attached hydrogens (tertiary/aromatic N) is 3. The monoisotopic (exact) mass is 621 g/mol. The molecule has 46 heavy (non-hydrogen) atoms. The van der Waals surface area contributed by atoms with Crippen LogP contribution >= 0.6 is 0 Å². The second-order valence-electron chi connectivity index (χ2n) is 12.0. The van der Waals surface area contributed by atoms with Gasteiger partial charge in [-0.05, 0) is 54.3 Å². The van der Waals surface area contributed by atoms with Gasteiger partial charge in [0.1, 0.15) is 5.84 Å². The van der Waals surface area contributed by atoms with Crippen LogP contribution in [0.15, 0.2) is 83.4 Å². The van der Waals surface area contributed by atoms with E-state index >= 15 is 0 Å². The number of aliphatic imine (C=N–C) groups is 1. The Morgan fingerprint density at radius 1 is 0.978 bits per heavy atom. The molecule has 3 N–H and O–H groups in total. The summed E-state index contributed by atoms with van der Waals surface area (Å²) in [5.74, 6) is -0.620. The predicted octanol–water partition coefficient (Wildman–Crippen LogP) is 5.75. The largest absolute Gasteiger partial charge is 0.469 e. The zero-order valence-corrected chi connectivity index (χ0v) is 26.9. The van der Waals surface area contributed by atoms with Crippen molar-refractivity contribution < 1.29 is 19.1 Å². The van der Waals surface area contributed by atoms with Crippen molar-refractivity contribution in [1.29, 1.82) is 0 Å². The number of rotatable bonds is 11. The summed E-state index contributed by atoms with van der Waals surface area (Å²) in [5, 5.41) is 3.01. The lowest BCUT2D eigenvalue weighted by molar-refractivity contribution is -0.145. The quantitative estimate of drug-likeness (QED) is 0.263. The van der Waals surface area contributed by atoms with Gasteiger partial charge in [-0.25, -0.2) is 4.99 Å². The standard InChI is InChI=1S/C37H43N5O4/c1-4-16-42(17-5-2)36(44)29-18-27-14-15-28(20-33(27)40-34(38)21-29)35(43)39-30-13-9-12-26(19-30)31-23-41(24-32(31)37(45)46-3)22-25-10-7-6-8-11-25/h6-15,18-20,31-32H,4-5,16-17,21-24H2,1-3H3,(H2,38,40)(H,39,43). The van der Waals surface area contributed by atoms with E-state index in [2.05, 4.69) is 41.2 Å². The Kier molecular flexibility index (Phi) is 10.6. The molecule has 0 spiro atoms. The molecule has 2 unspecified atom stereocenters. The zero-order chi connectivity index (χ0) is 32.6. The molecule has 2 heterocycles. The van der Waals surface area contributed by atoms with Crippen LogP contribution in [0.2, 0.25) is 0 Å². The highest BCUT2D eigenvalue weighted by molar-refractivity contribution is 6.08. The first-order chi connectivity index (χ1) is 22.3. The Labute approximate surface area is 271 Å². The Hall–Kier alpha value is -4.76. The number of anilines is 1. The van der Waals surface area contributed by atoms with Gasteiger partial charge in [0.15, 0.2) is 0 Å². The first kappa shape index (κ1) is 32.6. The molecule has 3 aromatic rings. The lowest BCUT2D eigenvalue weighted by Crippen LogP contribution is -2.34. The van der Waals surface area contributed by atoms with E-state index in [0.717, 1.165) is 30.5 Å². The number of fused-ring (bicyclic) bond motifs is 1. The maximum Gasteiger partial charge on any atom is 0.310 e. The molecule has 0 saturated carbocycles. The van der Waals surface area contributed by atoms with E-state index in [1.807, 2.05) is 53.4 Å². The fraction of sp³-hybridized carbons (Fsp3) is 0.351. The summed E-state index contributed by atoms with van der Waals surface area (Å²) >= 11 is 0. The number of likely N-dealkylation sites (tertiary alicyclic amines) is 1. The van der Waals surface area contributed by atoms with Crippen LogP contribution in [0.25, 0.3) is 6.08 Å². The lowest BCUT2D eigenvalue weighted by Gasteiger charge is -2.22. The Bertz CT molecular complexity index is 1630. The third kappa shape index (κ3) is 7.72. The third-order valence-corrected chi connectivity index (χ3v) is 8.53. The Morgan fingerprint density at radius 3 is 2.46 bits per heavy atom. The number of hydrogen-bond acceptors (Lipinski definition) is 7. The van der Waals surface area contributed by atoms with Crippen LogP contribution in [0.5, 0.6) is 0 Å². The smallest absolute Gasteiger partial charge is 0.310 e. The summed E-state index contributed by atoms with van der Waals surface area (Å²) in [6, 6.07) is 23.1. The predicted molar refractivity (Wildman–Crippen MR) is 182 cm³/mol. The van der Waals surface area contributed by atoms with Gasteiger partial charge >= 0.3 is 5.97 Å². The van der Waals surface area contributed by atoms with Crippen molar-refractivity contribution in [2.24, 2.45) is 16.6 Å². The van der Waals surface area contributed by atoms with Crippen molar-refractivity contribution in [1.82, 2.24) is 9.80 Å². The molecule has 240 valence electrons. The summed E-state index contributed by atoms with van der Waals surface area (Å²) < 4.78 is 5.17. The number of carbonyl (C=O) groups excluding carboxylic acids is 3. The van der Waals surface area contributed by atoms with Gasteiger partial charge in [-0.15, -0.1) is 0 Å². The molecular formula is C37H43N5O4. The number of methoxy groups -OCH3 is 1. The van der Waals surface area contributed by atoms with E-state index in [1.54, 1.807) is 18.2 Å². The van der Waals surface area contributed by atoms with Gasteiger partial charge in [-0.1, -0.05) is 62.4 Å². The molecule has 0 radical (unpaired) electrons. The molecule has 1 saturated heterocycles. The molecule has 2 atom stereocenters. The minimum atomic E-state index is -0.312. The summed E-state index contributed by atoms with van der Waals surface area (Å²) in [5.41, 5.74) is 11.3. The van der Waals surface area contributed by atoms with Crippen LogP contribution in [-0.4, -0.2) is 66.7 Å². The maximum absolute atomic E-state index is 13.4. The van der Waals surface area contributed by atoms with Gasteiger partial charge in [0.05, 0.1) is 18.7 Å². The molecule has 2 aliphatic rings. The van der Waals surface area contributed by atoms with Crippen LogP contribution in [0.1, 0.15) is 66.1 Å². The van der Waals surface area contributed by atoms with Crippen LogP contribution in [0, 0.1) is 5.92 Å². The van der Waals surface area contributed by atoms with Gasteiger partial charge in [-0.3, -0.25) is 19.3 Å². The van der Waals surface area contributed by atoms with Crippen molar-refractivity contribution >= 4 is 41.1 Å². The third-order valence-electron chi connectivity index (χ3n) is 8.53. The molecule has 9 nitrogen and oxygen atoms in total. The van der Waals surface area contributed by atoms with Gasteiger partial charge in [-0.2, -0.15) is 0 Å². The van der Waals surface area contributed by atoms with Crippen molar-refractivity contribution in [3.05, 3.63) is 101 Å². The number of esters is 1. The number of ether oxygens (including phenoxy) is 1. The van der Waals surface area contributed by atoms with Crippen LogP contribution in [-0.2, 0) is 20.9 Å². The highest BCUT2D eigenvalue weighted by Crippen LogP contribution is 2.36. The number of nitrogens with one attached hydrogen (secondary N) is 1. The first-order valence-electron chi connectivity index (χ1n) is 16.0. The SMILES string of the molecule is CCCN(CCC)C(=O)C1=Cc2ccc(C(=O)Nc3cccc(C4CN(Cc5ccccc5)CC4C(=O)OC)c3)cc2N=C(N)C1. The van der Waals surface area contributed by atoms with E-state index in [9.17, 15) is 14.4 Å². The van der Waals surface area contributed by atoms with E-state index in [-0.39, 0.29) is 36.0 Å². The van der Waals surface area contributed by atoms with Crippen molar-refractivity contribution in [2.75, 3.05) is 38.6 Å². The molecular weight excluding hydrogens is 578 g/mol. The van der Waals surface area contributed by atoms with Gasteiger partial charge < -0.3 is 20.7 Å². The number of benzene rings is 3. The second-order valence-corrected chi connectivity index (χ2v) is 12.0. The van der Waals surface area contributed by atoms with Gasteiger partial charge in [0, 0.05) is 67.4 Å². The Morgan fingerprint density at radius 2 is 1.74 bits per heavy atom. The molecule has 0 aromatic heterocycles. The van der Waals surface area contributed by atoms with E-state index in [0.29, 0.717) is 54.5 Å². The number of carbonyl (C=O) groups is 3. The van der Waals surface area contributed by atoms with Crippen molar-refractivity contribution in [3.8, 4) is 0 Å². The normalized spacial score (nSPS) is 17.7. The topological polar surface area (TPSA) is 117 Å². The number of hydrogen-bond donors (Lipinski definition) is 2. The van der Waals surface area contributed by atoms with Crippen LogP contribution in [0.3, 0.4) is 0 Å². The molecule has 1 fully saturated rings. The summed E-state index contributed by atoms with van der Waals surface area (Å²) in [7, 11) is 1.43. The molecule has 2 aliphatic heterocycles. The zero-order valence-electron chi connectivity index (χ0n) is 26.9. The number of nitrogens with two attached hydrogens (primary N) is 1. The van der Waals surface area contributed by atoms with Crippen molar-refractivity contribution in [2.45, 2.75) is 45.6 Å². The fourth-order valence-corrected chi connectivity index (χ4v) is 6.36. The van der Waals surface area contributed by atoms with Gasteiger partial charge in [0.25, 0.3) is 5.91 Å². The first-order valence-corrected chi connectivity index (χ1v) is 16.0. The highest BCUT2D eigenvalue weighted by atomic mass is 16.5. The summed E-state index contributed by atoms with van der Waals surface area (Å²) in [6.07, 6.45) is 3.84. The number of amides is 2. The van der Waals surface area contributed by atoms with Crippen molar-refractivity contribution in [3.63, 3.8) is 0 Å². The van der Waals surface area contributed by atoms with E-state index < -0.39 is 0 Å². The molecule has 5 rings (SSSR count). The molecule has 2 amide bonds. The maximum atomic E-state index is 13.4. The lowest BCUT2D eigenvalue weighted by atomic mass is 9.89. The molecule has 9 heteroatoms. The Balaban J connectivity index is 1.33. The molecule has 0 bridgehead atoms. The minimum Gasteiger partial charge on any atom is -0.469 e. The van der Waals surface area contributed by atoms with E-state index in [4.69, 9.17) is 10.5 Å². The average molecular weight is 622 g/mol. The summed E-state index contributed by atoms with van der Waals surface area (Å²) in [4.78, 5) is 48.2. The average Bonchev–Trinajstić information content (AvgIpc) is 3.40. The van der Waals surface area contributed by atoms with Crippen LogP contribution in [0.4, 0.5) is 11.4 Å². The van der Waals surface area contributed by atoms with Gasteiger partial charge in [0.2, 0.25) is 5.91 Å². The minimum absolute atomic E-state index is 0.0312.